The van der Waals surface area contributed by atoms with Crippen molar-refractivity contribution in [1.82, 2.24) is 5.32 Å². The Morgan fingerprint density at radius 1 is 0.939 bits per heavy atom. The first-order valence-electron chi connectivity index (χ1n) is 14.6. The van der Waals surface area contributed by atoms with Gasteiger partial charge in [-0.25, -0.2) is 0 Å². The number of carbonyl (C=O) groups is 1. The molecule has 0 heterocycles. The van der Waals surface area contributed by atoms with Gasteiger partial charge in [0.1, 0.15) is 0 Å². The second kappa shape index (κ2) is 9.69. The zero-order valence-corrected chi connectivity index (χ0v) is 22.8. The van der Waals surface area contributed by atoms with Crippen LogP contribution in [-0.2, 0) is 4.79 Å². The van der Waals surface area contributed by atoms with Crippen molar-refractivity contribution < 1.29 is 4.79 Å². The molecule has 0 saturated heterocycles. The van der Waals surface area contributed by atoms with Gasteiger partial charge in [-0.05, 0) is 122 Å². The van der Waals surface area contributed by atoms with Crippen LogP contribution < -0.4 is 5.32 Å². The maximum Gasteiger partial charge on any atom is 0.217 e. The Balaban J connectivity index is 1.46. The lowest BCUT2D eigenvalue weighted by atomic mass is 9.44. The van der Waals surface area contributed by atoms with Crippen LogP contribution in [0.4, 0.5) is 0 Å². The van der Waals surface area contributed by atoms with Crippen LogP contribution in [0, 0.1) is 58.2 Å². The number of carbonyl (C=O) groups excluding carboxylic acids is 1. The van der Waals surface area contributed by atoms with Crippen molar-refractivity contribution in [2.75, 3.05) is 0 Å². The second-order valence-corrected chi connectivity index (χ2v) is 13.6. The maximum absolute atomic E-state index is 11.6. The smallest absolute Gasteiger partial charge is 0.217 e. The van der Waals surface area contributed by atoms with E-state index in [0.717, 1.165) is 41.4 Å². The minimum absolute atomic E-state index is 0.157. The molecule has 0 aromatic heterocycles. The highest BCUT2D eigenvalue weighted by molar-refractivity contribution is 5.73. The van der Waals surface area contributed by atoms with Crippen LogP contribution in [0.5, 0.6) is 0 Å². The number of fused-ring (bicyclic) bond motifs is 5. The highest BCUT2D eigenvalue weighted by Gasteiger charge is 2.60. The average molecular weight is 456 g/mol. The fraction of sp³-hybridized carbons (Fsp3) is 0.903. The van der Waals surface area contributed by atoms with Gasteiger partial charge in [0.05, 0.1) is 0 Å². The summed E-state index contributed by atoms with van der Waals surface area (Å²) in [6, 6.07) is 0.423. The quantitative estimate of drug-likeness (QED) is 0.404. The summed E-state index contributed by atoms with van der Waals surface area (Å²) in [4.78, 5) is 11.6. The lowest BCUT2D eigenvalue weighted by Crippen LogP contribution is -2.55. The van der Waals surface area contributed by atoms with Gasteiger partial charge in [0.2, 0.25) is 5.91 Å². The van der Waals surface area contributed by atoms with Crippen LogP contribution in [0.1, 0.15) is 113 Å². The van der Waals surface area contributed by atoms with Gasteiger partial charge < -0.3 is 5.32 Å². The molecule has 0 aliphatic heterocycles. The number of amides is 1. The molecule has 1 amide bonds. The summed E-state index contributed by atoms with van der Waals surface area (Å²) < 4.78 is 0. The molecule has 2 nitrogen and oxygen atoms in total. The Bertz CT molecular complexity index is 726. The molecule has 1 N–H and O–H groups in total. The molecule has 4 saturated carbocycles. The minimum atomic E-state index is 0.157. The third-order valence-electron chi connectivity index (χ3n) is 11.8. The van der Waals surface area contributed by atoms with E-state index in [9.17, 15) is 4.79 Å². The molecule has 0 radical (unpaired) electrons. The van der Waals surface area contributed by atoms with E-state index < -0.39 is 0 Å². The Hall–Kier alpha value is -0.790. The van der Waals surface area contributed by atoms with Crippen LogP contribution >= 0.6 is 0 Å². The molecule has 4 aliphatic carbocycles. The van der Waals surface area contributed by atoms with Gasteiger partial charge in [0.25, 0.3) is 0 Å². The number of nitrogens with one attached hydrogen (secondary N) is 1. The van der Waals surface area contributed by atoms with Crippen molar-refractivity contribution >= 4 is 5.91 Å². The third kappa shape index (κ3) is 4.58. The molecule has 188 valence electrons. The number of allylic oxidation sites excluding steroid dienone is 2. The van der Waals surface area contributed by atoms with Crippen LogP contribution in [0.25, 0.3) is 0 Å². The Labute approximate surface area is 205 Å². The summed E-state index contributed by atoms with van der Waals surface area (Å²) in [5.74, 6) is 6.84. The van der Waals surface area contributed by atoms with Crippen LogP contribution in [0.3, 0.4) is 0 Å². The standard InChI is InChI=1S/C31H53NO/c1-8-23(20(2)3)10-9-21(4)27-13-14-28-26-12-11-24-19-25(32-22(5)33)15-17-30(24,6)29(26)16-18-31(27,28)7/h9-10,20-21,23-29H,8,11-19H2,1-7H3,(H,32,33)/t21-,23+,24?,25+,26+,27-,28+,29+,30+,31-/m1/s1. The van der Waals surface area contributed by atoms with Crippen molar-refractivity contribution in [1.29, 1.82) is 0 Å². The second-order valence-electron chi connectivity index (χ2n) is 13.6. The van der Waals surface area contributed by atoms with Gasteiger partial charge in [0.15, 0.2) is 0 Å². The lowest BCUT2D eigenvalue weighted by Gasteiger charge is -2.61. The van der Waals surface area contributed by atoms with Gasteiger partial charge >= 0.3 is 0 Å². The molecule has 0 spiro atoms. The van der Waals surface area contributed by atoms with E-state index in [-0.39, 0.29) is 5.91 Å². The van der Waals surface area contributed by atoms with E-state index in [1.165, 1.54) is 64.2 Å². The topological polar surface area (TPSA) is 29.1 Å². The predicted octanol–water partition coefficient (Wildman–Crippen LogP) is 8.02. The minimum Gasteiger partial charge on any atom is -0.354 e. The van der Waals surface area contributed by atoms with Crippen molar-refractivity contribution in [2.45, 2.75) is 119 Å². The zero-order valence-electron chi connectivity index (χ0n) is 22.8. The summed E-state index contributed by atoms with van der Waals surface area (Å²) in [5.41, 5.74) is 1.05. The lowest BCUT2D eigenvalue weighted by molar-refractivity contribution is -0.126. The summed E-state index contributed by atoms with van der Waals surface area (Å²) >= 11 is 0. The zero-order chi connectivity index (χ0) is 24.0. The molecule has 10 atom stereocenters. The first-order chi connectivity index (χ1) is 15.6. The highest BCUT2D eigenvalue weighted by atomic mass is 16.1. The first-order valence-corrected chi connectivity index (χ1v) is 14.6. The fourth-order valence-electron chi connectivity index (χ4n) is 9.86. The van der Waals surface area contributed by atoms with E-state index in [0.29, 0.717) is 22.8 Å². The molecule has 1 unspecified atom stereocenters. The molecule has 0 aromatic carbocycles. The van der Waals surface area contributed by atoms with Crippen molar-refractivity contribution in [2.24, 2.45) is 58.2 Å². The molecule has 4 fully saturated rings. The van der Waals surface area contributed by atoms with Crippen molar-refractivity contribution in [3.63, 3.8) is 0 Å². The molecule has 0 bridgehead atoms. The van der Waals surface area contributed by atoms with Gasteiger partial charge in [-0.2, -0.15) is 0 Å². The van der Waals surface area contributed by atoms with Crippen molar-refractivity contribution in [3.8, 4) is 0 Å². The molecular formula is C31H53NO. The van der Waals surface area contributed by atoms with E-state index in [1.54, 1.807) is 6.92 Å². The average Bonchev–Trinajstić information content (AvgIpc) is 3.11. The van der Waals surface area contributed by atoms with Crippen LogP contribution in [0.2, 0.25) is 0 Å². The van der Waals surface area contributed by atoms with Crippen molar-refractivity contribution in [3.05, 3.63) is 12.2 Å². The SMILES string of the molecule is CC[C@@H](C=C[C@@H](C)[C@H]1CC[C@H]2[C@@H]3CCC4C[C@@H](NC(C)=O)CC[C@]4(C)[C@H]3CC[C@]12C)C(C)C. The van der Waals surface area contributed by atoms with Gasteiger partial charge in [-0.15, -0.1) is 0 Å². The summed E-state index contributed by atoms with van der Waals surface area (Å²) in [5, 5.41) is 3.25. The Kier molecular flexibility index (Phi) is 7.43. The van der Waals surface area contributed by atoms with E-state index in [2.05, 4.69) is 59.0 Å². The van der Waals surface area contributed by atoms with Gasteiger partial charge in [0, 0.05) is 13.0 Å². The summed E-state index contributed by atoms with van der Waals surface area (Å²) in [6.07, 6.45) is 18.8. The maximum atomic E-state index is 11.6. The van der Waals surface area contributed by atoms with E-state index in [1.807, 2.05) is 0 Å². The van der Waals surface area contributed by atoms with Gasteiger partial charge in [-0.1, -0.05) is 53.7 Å². The van der Waals surface area contributed by atoms with Crippen LogP contribution in [0.15, 0.2) is 12.2 Å². The summed E-state index contributed by atoms with van der Waals surface area (Å²) in [7, 11) is 0. The predicted molar refractivity (Wildman–Crippen MR) is 140 cm³/mol. The van der Waals surface area contributed by atoms with E-state index in [4.69, 9.17) is 0 Å². The molecule has 33 heavy (non-hydrogen) atoms. The first kappa shape index (κ1) is 25.3. The largest absolute Gasteiger partial charge is 0.354 e. The van der Waals surface area contributed by atoms with E-state index >= 15 is 0 Å². The highest BCUT2D eigenvalue weighted by Crippen LogP contribution is 2.68. The third-order valence-corrected chi connectivity index (χ3v) is 11.8. The molecule has 4 rings (SSSR count). The molecule has 4 aliphatic rings. The Morgan fingerprint density at radius 3 is 2.30 bits per heavy atom. The number of rotatable bonds is 6. The summed E-state index contributed by atoms with van der Waals surface area (Å²) in [6.45, 7) is 16.6. The Morgan fingerprint density at radius 2 is 1.64 bits per heavy atom. The molecular weight excluding hydrogens is 402 g/mol. The normalized spacial score (nSPS) is 44.7. The monoisotopic (exact) mass is 455 g/mol. The number of hydrogen-bond donors (Lipinski definition) is 1. The molecule has 2 heteroatoms. The fourth-order valence-corrected chi connectivity index (χ4v) is 9.86. The molecule has 0 aromatic rings. The van der Waals surface area contributed by atoms with Gasteiger partial charge in [-0.3, -0.25) is 4.79 Å². The van der Waals surface area contributed by atoms with Crippen LogP contribution in [-0.4, -0.2) is 11.9 Å². The number of hydrogen-bond acceptors (Lipinski definition) is 1.